The van der Waals surface area contributed by atoms with Gasteiger partial charge in [-0.05, 0) is 54.9 Å². The second-order valence-electron chi connectivity index (χ2n) is 6.33. The first kappa shape index (κ1) is 11.9. The van der Waals surface area contributed by atoms with Crippen LogP contribution in [0.15, 0.2) is 24.3 Å². The first-order valence-corrected chi connectivity index (χ1v) is 6.45. The predicted molar refractivity (Wildman–Crippen MR) is 68.1 cm³/mol. The van der Waals surface area contributed by atoms with Gasteiger partial charge in [-0.3, -0.25) is 0 Å². The molecule has 16 heavy (non-hydrogen) atoms. The number of hydrogen-bond donors (Lipinski definition) is 1. The molecule has 3 atom stereocenters. The van der Waals surface area contributed by atoms with Crippen molar-refractivity contribution in [2.45, 2.75) is 52.1 Å². The van der Waals surface area contributed by atoms with Crippen molar-refractivity contribution < 1.29 is 5.11 Å². The Labute approximate surface area is 99.3 Å². The fraction of sp³-hybridized carbons (Fsp3) is 0.733. The van der Waals surface area contributed by atoms with Gasteiger partial charge in [0.1, 0.15) is 0 Å². The van der Waals surface area contributed by atoms with Crippen molar-refractivity contribution in [2.75, 3.05) is 0 Å². The van der Waals surface area contributed by atoms with Gasteiger partial charge in [-0.15, -0.1) is 0 Å². The minimum Gasteiger partial charge on any atom is -0.389 e. The normalized spacial score (nSPS) is 39.1. The van der Waals surface area contributed by atoms with E-state index in [1.807, 2.05) is 0 Å². The molecular weight excluding hydrogens is 196 g/mol. The zero-order valence-corrected chi connectivity index (χ0v) is 10.6. The van der Waals surface area contributed by atoms with E-state index in [0.29, 0.717) is 17.3 Å². The molecule has 0 spiro atoms. The van der Waals surface area contributed by atoms with Crippen LogP contribution in [0.4, 0.5) is 0 Å². The van der Waals surface area contributed by atoms with E-state index >= 15 is 0 Å². The Kier molecular flexibility index (Phi) is 3.00. The number of aliphatic hydroxyl groups is 1. The van der Waals surface area contributed by atoms with Gasteiger partial charge in [-0.1, -0.05) is 32.6 Å². The van der Waals surface area contributed by atoms with Gasteiger partial charge >= 0.3 is 0 Å². The number of allylic oxidation sites excluding steroid dienone is 1. The molecule has 2 rings (SSSR count). The van der Waals surface area contributed by atoms with Gasteiger partial charge in [-0.2, -0.15) is 0 Å². The van der Waals surface area contributed by atoms with E-state index in [9.17, 15) is 5.11 Å². The average Bonchev–Trinajstić information content (AvgIpc) is 2.24. The molecule has 1 N–H and O–H groups in total. The molecular formula is C15H24O. The second-order valence-corrected chi connectivity index (χ2v) is 6.33. The molecule has 2 aliphatic carbocycles. The molecule has 2 fully saturated rings. The van der Waals surface area contributed by atoms with Gasteiger partial charge in [0, 0.05) is 0 Å². The number of hydrogen-bond acceptors (Lipinski definition) is 1. The van der Waals surface area contributed by atoms with Gasteiger partial charge in [-0.25, -0.2) is 0 Å². The smallest absolute Gasteiger partial charge is 0.0750 e. The van der Waals surface area contributed by atoms with Gasteiger partial charge in [0.2, 0.25) is 0 Å². The highest BCUT2D eigenvalue weighted by Gasteiger charge is 2.48. The summed E-state index contributed by atoms with van der Waals surface area (Å²) in [5.74, 6) is 1.25. The number of fused-ring (bicyclic) bond motifs is 1. The van der Waals surface area contributed by atoms with E-state index in [0.717, 1.165) is 31.3 Å². The third-order valence-electron chi connectivity index (χ3n) is 4.70. The van der Waals surface area contributed by atoms with Crippen molar-refractivity contribution in [2.24, 2.45) is 17.3 Å². The first-order chi connectivity index (χ1) is 7.42. The molecule has 0 radical (unpaired) electrons. The first-order valence-electron chi connectivity index (χ1n) is 6.45. The summed E-state index contributed by atoms with van der Waals surface area (Å²) in [6.07, 6.45) is 5.02. The second kappa shape index (κ2) is 4.03. The van der Waals surface area contributed by atoms with Crippen molar-refractivity contribution in [3.8, 4) is 0 Å². The molecule has 1 heteroatoms. The van der Waals surface area contributed by atoms with E-state index < -0.39 is 0 Å². The summed E-state index contributed by atoms with van der Waals surface area (Å²) >= 11 is 0. The lowest BCUT2D eigenvalue weighted by molar-refractivity contribution is -0.0193. The minimum absolute atomic E-state index is 0.294. The van der Waals surface area contributed by atoms with Gasteiger partial charge < -0.3 is 5.11 Å². The largest absolute Gasteiger partial charge is 0.389 e. The van der Waals surface area contributed by atoms with Crippen molar-refractivity contribution in [1.29, 1.82) is 0 Å². The summed E-state index contributed by atoms with van der Waals surface area (Å²) < 4.78 is 0. The molecule has 0 aromatic carbocycles. The van der Waals surface area contributed by atoms with Crippen LogP contribution in [0.5, 0.6) is 0 Å². The van der Waals surface area contributed by atoms with E-state index in [2.05, 4.69) is 27.0 Å². The average molecular weight is 220 g/mol. The Morgan fingerprint density at radius 3 is 2.44 bits per heavy atom. The SMILES string of the molecule is C=C1CCCC(=C)C2CC(C)(C)C2CC1O. The standard InChI is InChI=1S/C15H24O/c1-10-6-5-7-11(2)14(16)8-13-12(10)9-15(13,3)4/h12-14,16H,1-2,5-9H2,3-4H3. The van der Waals surface area contributed by atoms with E-state index in [4.69, 9.17) is 0 Å². The minimum atomic E-state index is -0.294. The summed E-state index contributed by atoms with van der Waals surface area (Å²) in [5.41, 5.74) is 2.81. The molecule has 0 aliphatic heterocycles. The number of rotatable bonds is 0. The van der Waals surface area contributed by atoms with Crippen LogP contribution in [0.3, 0.4) is 0 Å². The van der Waals surface area contributed by atoms with Crippen molar-refractivity contribution in [3.63, 3.8) is 0 Å². The van der Waals surface area contributed by atoms with E-state index in [-0.39, 0.29) is 6.10 Å². The van der Waals surface area contributed by atoms with E-state index in [1.54, 1.807) is 0 Å². The van der Waals surface area contributed by atoms with Crippen LogP contribution in [-0.4, -0.2) is 11.2 Å². The number of aliphatic hydroxyl groups excluding tert-OH is 1. The monoisotopic (exact) mass is 220 g/mol. The van der Waals surface area contributed by atoms with Gasteiger partial charge in [0.15, 0.2) is 0 Å². The Hall–Kier alpha value is -0.560. The van der Waals surface area contributed by atoms with E-state index in [1.165, 1.54) is 12.0 Å². The third-order valence-corrected chi connectivity index (χ3v) is 4.70. The molecule has 0 heterocycles. The fourth-order valence-corrected chi connectivity index (χ4v) is 3.46. The van der Waals surface area contributed by atoms with Crippen LogP contribution in [0.1, 0.15) is 46.0 Å². The summed E-state index contributed by atoms with van der Waals surface area (Å²) in [6.45, 7) is 12.9. The summed E-state index contributed by atoms with van der Waals surface area (Å²) in [7, 11) is 0. The van der Waals surface area contributed by atoms with Crippen LogP contribution < -0.4 is 0 Å². The Balaban J connectivity index is 2.16. The highest BCUT2D eigenvalue weighted by atomic mass is 16.3. The lowest BCUT2D eigenvalue weighted by Gasteiger charge is -2.53. The molecule has 2 saturated carbocycles. The van der Waals surface area contributed by atoms with Crippen LogP contribution in [0.25, 0.3) is 0 Å². The third kappa shape index (κ3) is 1.98. The van der Waals surface area contributed by atoms with Crippen molar-refractivity contribution in [3.05, 3.63) is 24.3 Å². The summed E-state index contributed by atoms with van der Waals surface area (Å²) in [5, 5.41) is 10.1. The summed E-state index contributed by atoms with van der Waals surface area (Å²) in [4.78, 5) is 0. The predicted octanol–water partition coefficient (Wildman–Crippen LogP) is 3.70. The molecule has 90 valence electrons. The molecule has 1 nitrogen and oxygen atoms in total. The molecule has 0 saturated heterocycles. The van der Waals surface area contributed by atoms with Gasteiger partial charge in [0.25, 0.3) is 0 Å². The Bertz CT molecular complexity index is 313. The van der Waals surface area contributed by atoms with Gasteiger partial charge in [0.05, 0.1) is 6.10 Å². The molecule has 0 aromatic rings. The molecule has 0 aromatic heterocycles. The van der Waals surface area contributed by atoms with Crippen LogP contribution in [0, 0.1) is 17.3 Å². The topological polar surface area (TPSA) is 20.2 Å². The maximum Gasteiger partial charge on any atom is 0.0750 e. The molecule has 0 bridgehead atoms. The Morgan fingerprint density at radius 2 is 1.81 bits per heavy atom. The lowest BCUT2D eigenvalue weighted by atomic mass is 9.52. The fourth-order valence-electron chi connectivity index (χ4n) is 3.46. The van der Waals surface area contributed by atoms with Crippen LogP contribution in [0.2, 0.25) is 0 Å². The quantitative estimate of drug-likeness (QED) is 0.617. The highest BCUT2D eigenvalue weighted by molar-refractivity contribution is 5.16. The molecule has 2 aliphatic rings. The maximum absolute atomic E-state index is 10.1. The Morgan fingerprint density at radius 1 is 1.19 bits per heavy atom. The lowest BCUT2D eigenvalue weighted by Crippen LogP contribution is -2.46. The maximum atomic E-state index is 10.1. The van der Waals surface area contributed by atoms with Crippen LogP contribution >= 0.6 is 0 Å². The molecule has 0 amide bonds. The zero-order chi connectivity index (χ0) is 11.9. The zero-order valence-electron chi connectivity index (χ0n) is 10.6. The van der Waals surface area contributed by atoms with Crippen LogP contribution in [-0.2, 0) is 0 Å². The highest BCUT2D eigenvalue weighted by Crippen LogP contribution is 2.56. The summed E-state index contributed by atoms with van der Waals surface area (Å²) in [6, 6.07) is 0. The molecule has 3 unspecified atom stereocenters. The van der Waals surface area contributed by atoms with Crippen molar-refractivity contribution >= 4 is 0 Å². The van der Waals surface area contributed by atoms with Crippen molar-refractivity contribution in [1.82, 2.24) is 0 Å².